The van der Waals surface area contributed by atoms with E-state index in [1.807, 2.05) is 0 Å². The number of halogens is 2. The molecule has 21 heavy (non-hydrogen) atoms. The van der Waals surface area contributed by atoms with Crippen LogP contribution in [0.4, 0.5) is 4.39 Å². The Kier molecular flexibility index (Phi) is 5.30. The Morgan fingerprint density at radius 3 is 3.00 bits per heavy atom. The Balaban J connectivity index is 2.26. The fraction of sp³-hybridized carbons (Fsp3) is 0.429. The molecule has 1 atom stereocenters. The minimum absolute atomic E-state index is 0.0550. The van der Waals surface area contributed by atoms with Crippen molar-refractivity contribution in [3.8, 4) is 0 Å². The summed E-state index contributed by atoms with van der Waals surface area (Å²) in [6.45, 7) is 2.96. The van der Waals surface area contributed by atoms with Gasteiger partial charge in [-0.1, -0.05) is 6.07 Å². The standard InChI is InChI=1S/C14H16BrFN2O3/c1-2-17-13(19)11-8-21-7-6-18(11)14(20)9-4-3-5-10(15)12(9)16/h3-5,11H,2,6-8H2,1H3,(H,17,19). The van der Waals surface area contributed by atoms with Gasteiger partial charge in [0, 0.05) is 13.1 Å². The number of nitrogens with one attached hydrogen (secondary N) is 1. The molecule has 2 amide bonds. The molecular formula is C14H16BrFN2O3. The maximum Gasteiger partial charge on any atom is 0.257 e. The minimum atomic E-state index is -0.732. The third-order valence-corrected chi connectivity index (χ3v) is 3.84. The largest absolute Gasteiger partial charge is 0.377 e. The van der Waals surface area contributed by atoms with Gasteiger partial charge in [0.05, 0.1) is 23.2 Å². The monoisotopic (exact) mass is 358 g/mol. The van der Waals surface area contributed by atoms with Crippen LogP contribution in [-0.4, -0.2) is 49.1 Å². The number of nitrogens with zero attached hydrogens (tertiary/aromatic N) is 1. The van der Waals surface area contributed by atoms with Gasteiger partial charge in [-0.15, -0.1) is 0 Å². The minimum Gasteiger partial charge on any atom is -0.377 e. The number of hydrogen-bond acceptors (Lipinski definition) is 3. The van der Waals surface area contributed by atoms with Crippen molar-refractivity contribution in [1.82, 2.24) is 10.2 Å². The summed E-state index contributed by atoms with van der Waals surface area (Å²) in [7, 11) is 0. The Hall–Kier alpha value is -1.47. The van der Waals surface area contributed by atoms with Crippen molar-refractivity contribution in [1.29, 1.82) is 0 Å². The van der Waals surface area contributed by atoms with E-state index in [0.717, 1.165) is 0 Å². The van der Waals surface area contributed by atoms with Gasteiger partial charge in [-0.3, -0.25) is 9.59 Å². The van der Waals surface area contributed by atoms with E-state index < -0.39 is 17.8 Å². The van der Waals surface area contributed by atoms with Gasteiger partial charge in [-0.05, 0) is 35.0 Å². The summed E-state index contributed by atoms with van der Waals surface area (Å²) in [6, 6.07) is 3.78. The van der Waals surface area contributed by atoms with Gasteiger partial charge in [0.25, 0.3) is 5.91 Å². The summed E-state index contributed by atoms with van der Waals surface area (Å²) in [5, 5.41) is 2.66. The highest BCUT2D eigenvalue weighted by Gasteiger charge is 2.34. The number of hydrogen-bond donors (Lipinski definition) is 1. The van der Waals surface area contributed by atoms with Crippen molar-refractivity contribution < 1.29 is 18.7 Å². The quantitative estimate of drug-likeness (QED) is 0.891. The summed E-state index contributed by atoms with van der Waals surface area (Å²) in [5.74, 6) is -1.42. The van der Waals surface area contributed by atoms with E-state index >= 15 is 0 Å². The van der Waals surface area contributed by atoms with E-state index in [-0.39, 0.29) is 29.1 Å². The Morgan fingerprint density at radius 1 is 1.52 bits per heavy atom. The molecule has 0 aliphatic carbocycles. The van der Waals surface area contributed by atoms with Crippen molar-refractivity contribution >= 4 is 27.7 Å². The number of carbonyl (C=O) groups excluding carboxylic acids is 2. The maximum absolute atomic E-state index is 14.1. The van der Waals surface area contributed by atoms with Gasteiger partial charge in [0.1, 0.15) is 11.9 Å². The second-order valence-electron chi connectivity index (χ2n) is 4.59. The average molecular weight is 359 g/mol. The van der Waals surface area contributed by atoms with Crippen LogP contribution in [0.5, 0.6) is 0 Å². The second-order valence-corrected chi connectivity index (χ2v) is 5.44. The van der Waals surface area contributed by atoms with Crippen LogP contribution in [-0.2, 0) is 9.53 Å². The van der Waals surface area contributed by atoms with Crippen molar-refractivity contribution in [2.75, 3.05) is 26.3 Å². The van der Waals surface area contributed by atoms with Gasteiger partial charge < -0.3 is 15.0 Å². The smallest absolute Gasteiger partial charge is 0.257 e. The van der Waals surface area contributed by atoms with Crippen LogP contribution >= 0.6 is 15.9 Å². The van der Waals surface area contributed by atoms with Crippen molar-refractivity contribution in [2.24, 2.45) is 0 Å². The van der Waals surface area contributed by atoms with E-state index in [2.05, 4.69) is 21.2 Å². The molecule has 1 saturated heterocycles. The molecule has 0 aromatic heterocycles. The topological polar surface area (TPSA) is 58.6 Å². The first-order valence-electron chi connectivity index (χ1n) is 6.66. The lowest BCUT2D eigenvalue weighted by Gasteiger charge is -2.34. The molecule has 1 N–H and O–H groups in total. The number of ether oxygens (including phenoxy) is 1. The van der Waals surface area contributed by atoms with Crippen LogP contribution in [0, 0.1) is 5.82 Å². The SMILES string of the molecule is CCNC(=O)C1COCCN1C(=O)c1cccc(Br)c1F. The van der Waals surface area contributed by atoms with Crippen molar-refractivity contribution in [3.63, 3.8) is 0 Å². The predicted octanol–water partition coefficient (Wildman–Crippen LogP) is 1.57. The normalized spacial score (nSPS) is 18.4. The molecule has 1 aliphatic heterocycles. The molecule has 1 aromatic carbocycles. The second kappa shape index (κ2) is 7.00. The van der Waals surface area contributed by atoms with Crippen LogP contribution in [0.2, 0.25) is 0 Å². The van der Waals surface area contributed by atoms with E-state index in [0.29, 0.717) is 13.2 Å². The molecule has 0 saturated carbocycles. The highest BCUT2D eigenvalue weighted by Crippen LogP contribution is 2.21. The first kappa shape index (κ1) is 15.9. The molecule has 1 aromatic rings. The van der Waals surface area contributed by atoms with Gasteiger partial charge in [0.15, 0.2) is 0 Å². The number of amides is 2. The van der Waals surface area contributed by atoms with E-state index in [1.165, 1.54) is 17.0 Å². The Labute approximate surface area is 130 Å². The highest BCUT2D eigenvalue weighted by atomic mass is 79.9. The van der Waals surface area contributed by atoms with Crippen LogP contribution in [0.25, 0.3) is 0 Å². The summed E-state index contributed by atoms with van der Waals surface area (Å²) >= 11 is 3.06. The third-order valence-electron chi connectivity index (χ3n) is 3.22. The van der Waals surface area contributed by atoms with Crippen molar-refractivity contribution in [3.05, 3.63) is 34.1 Å². The summed E-state index contributed by atoms with van der Waals surface area (Å²) in [5.41, 5.74) is -0.0550. The predicted molar refractivity (Wildman–Crippen MR) is 78.4 cm³/mol. The first-order valence-corrected chi connectivity index (χ1v) is 7.46. The first-order chi connectivity index (χ1) is 10.1. The average Bonchev–Trinajstić information content (AvgIpc) is 2.49. The number of carbonyl (C=O) groups is 2. The number of morpholine rings is 1. The molecule has 5 nitrogen and oxygen atoms in total. The Bertz CT molecular complexity index is 553. The van der Waals surface area contributed by atoms with Crippen LogP contribution < -0.4 is 5.32 Å². The molecule has 1 heterocycles. The van der Waals surface area contributed by atoms with Crippen LogP contribution in [0.3, 0.4) is 0 Å². The zero-order chi connectivity index (χ0) is 15.4. The zero-order valence-electron chi connectivity index (χ0n) is 11.6. The molecule has 0 bridgehead atoms. The van der Waals surface area contributed by atoms with E-state index in [9.17, 15) is 14.0 Å². The van der Waals surface area contributed by atoms with Gasteiger partial charge in [-0.25, -0.2) is 4.39 Å². The van der Waals surface area contributed by atoms with Gasteiger partial charge in [-0.2, -0.15) is 0 Å². The molecular weight excluding hydrogens is 343 g/mol. The molecule has 2 rings (SSSR count). The fourth-order valence-corrected chi connectivity index (χ4v) is 2.55. The lowest BCUT2D eigenvalue weighted by Crippen LogP contribution is -2.56. The maximum atomic E-state index is 14.1. The third kappa shape index (κ3) is 3.41. The van der Waals surface area contributed by atoms with Gasteiger partial charge in [0.2, 0.25) is 5.91 Å². The highest BCUT2D eigenvalue weighted by molar-refractivity contribution is 9.10. The molecule has 0 spiro atoms. The van der Waals surface area contributed by atoms with Crippen LogP contribution in [0.15, 0.2) is 22.7 Å². The number of benzene rings is 1. The zero-order valence-corrected chi connectivity index (χ0v) is 13.2. The molecule has 0 radical (unpaired) electrons. The summed E-state index contributed by atoms with van der Waals surface area (Å²) < 4.78 is 19.5. The molecule has 1 unspecified atom stereocenters. The molecule has 1 aliphatic rings. The molecule has 7 heteroatoms. The lowest BCUT2D eigenvalue weighted by molar-refractivity contribution is -0.130. The van der Waals surface area contributed by atoms with E-state index in [1.54, 1.807) is 13.0 Å². The fourth-order valence-electron chi connectivity index (χ4n) is 2.18. The number of rotatable bonds is 3. The summed E-state index contributed by atoms with van der Waals surface area (Å²) in [6.07, 6.45) is 0. The van der Waals surface area contributed by atoms with E-state index in [4.69, 9.17) is 4.74 Å². The molecule has 114 valence electrons. The van der Waals surface area contributed by atoms with Gasteiger partial charge >= 0.3 is 0 Å². The van der Waals surface area contributed by atoms with Crippen molar-refractivity contribution in [2.45, 2.75) is 13.0 Å². The summed E-state index contributed by atoms with van der Waals surface area (Å²) in [4.78, 5) is 25.9. The van der Waals surface area contributed by atoms with Crippen LogP contribution in [0.1, 0.15) is 17.3 Å². The molecule has 1 fully saturated rings. The lowest BCUT2D eigenvalue weighted by atomic mass is 10.1. The Morgan fingerprint density at radius 2 is 2.29 bits per heavy atom. The number of likely N-dealkylation sites (N-methyl/N-ethyl adjacent to an activating group) is 1.